The summed E-state index contributed by atoms with van der Waals surface area (Å²) in [6.07, 6.45) is -0.279. The van der Waals surface area contributed by atoms with Gasteiger partial charge in [0.2, 0.25) is 5.91 Å². The molecule has 2 heterocycles. The Morgan fingerprint density at radius 1 is 1.06 bits per heavy atom. The van der Waals surface area contributed by atoms with E-state index in [1.807, 2.05) is 0 Å². The Morgan fingerprint density at radius 2 is 1.67 bits per heavy atom. The van der Waals surface area contributed by atoms with Crippen LogP contribution in [0.25, 0.3) is 0 Å². The first-order valence-electron chi connectivity index (χ1n) is 6.18. The SMILES string of the molecule is NC(=O)N1CCCC(C(=O)N2C[C@@H](O)[C@@H](O)C2)C1. The Balaban J connectivity index is 1.95. The molecule has 18 heavy (non-hydrogen) atoms. The van der Waals surface area contributed by atoms with Crippen LogP contribution in [0.3, 0.4) is 0 Å². The number of β-amino-alcohol motifs (C(OH)–C–C–N with tert-alkyl or cyclic N) is 2. The summed E-state index contributed by atoms with van der Waals surface area (Å²) in [5.74, 6) is -0.389. The van der Waals surface area contributed by atoms with Crippen molar-refractivity contribution in [1.29, 1.82) is 0 Å². The summed E-state index contributed by atoms with van der Waals surface area (Å²) < 4.78 is 0. The molecule has 4 N–H and O–H groups in total. The van der Waals surface area contributed by atoms with Gasteiger partial charge in [-0.05, 0) is 12.8 Å². The van der Waals surface area contributed by atoms with Gasteiger partial charge < -0.3 is 25.7 Å². The fourth-order valence-corrected chi connectivity index (χ4v) is 2.59. The highest BCUT2D eigenvalue weighted by Crippen LogP contribution is 2.21. The van der Waals surface area contributed by atoms with Crippen molar-refractivity contribution in [3.05, 3.63) is 0 Å². The fraction of sp³-hybridized carbons (Fsp3) is 0.818. The number of likely N-dealkylation sites (tertiary alicyclic amines) is 2. The van der Waals surface area contributed by atoms with Crippen molar-refractivity contribution in [1.82, 2.24) is 9.80 Å². The zero-order chi connectivity index (χ0) is 13.3. The van der Waals surface area contributed by atoms with Gasteiger partial charge in [0, 0.05) is 26.2 Å². The van der Waals surface area contributed by atoms with Crippen molar-refractivity contribution >= 4 is 11.9 Å². The van der Waals surface area contributed by atoms with Gasteiger partial charge in [0.25, 0.3) is 0 Å². The van der Waals surface area contributed by atoms with E-state index in [9.17, 15) is 19.8 Å². The second-order valence-corrected chi connectivity index (χ2v) is 5.00. The zero-order valence-electron chi connectivity index (χ0n) is 10.2. The van der Waals surface area contributed by atoms with Crippen LogP contribution in [0.5, 0.6) is 0 Å². The summed E-state index contributed by atoms with van der Waals surface area (Å²) in [6, 6.07) is -0.506. The van der Waals surface area contributed by atoms with Crippen molar-refractivity contribution in [2.45, 2.75) is 25.0 Å². The van der Waals surface area contributed by atoms with Crippen LogP contribution in [0.15, 0.2) is 0 Å². The second-order valence-electron chi connectivity index (χ2n) is 5.00. The lowest BCUT2D eigenvalue weighted by Crippen LogP contribution is -2.48. The van der Waals surface area contributed by atoms with E-state index >= 15 is 0 Å². The number of amides is 3. The van der Waals surface area contributed by atoms with Crippen LogP contribution in [0.1, 0.15) is 12.8 Å². The van der Waals surface area contributed by atoms with Crippen molar-refractivity contribution < 1.29 is 19.8 Å². The zero-order valence-corrected chi connectivity index (χ0v) is 10.2. The highest BCUT2D eigenvalue weighted by Gasteiger charge is 2.37. The number of carbonyl (C=O) groups excluding carboxylic acids is 2. The average molecular weight is 257 g/mol. The smallest absolute Gasteiger partial charge is 0.314 e. The third-order valence-electron chi connectivity index (χ3n) is 3.65. The molecule has 102 valence electrons. The van der Waals surface area contributed by atoms with Gasteiger partial charge in [-0.2, -0.15) is 0 Å². The maximum Gasteiger partial charge on any atom is 0.314 e. The summed E-state index contributed by atoms with van der Waals surface area (Å²) in [5, 5.41) is 18.9. The molecule has 2 saturated heterocycles. The second kappa shape index (κ2) is 5.11. The first-order chi connectivity index (χ1) is 8.49. The largest absolute Gasteiger partial charge is 0.388 e. The van der Waals surface area contributed by atoms with E-state index in [0.717, 1.165) is 6.42 Å². The Hall–Kier alpha value is -1.34. The molecule has 2 aliphatic heterocycles. The van der Waals surface area contributed by atoms with Crippen LogP contribution in [0.2, 0.25) is 0 Å². The molecule has 3 amide bonds. The molecule has 2 aliphatic rings. The lowest BCUT2D eigenvalue weighted by molar-refractivity contribution is -0.136. The highest BCUT2D eigenvalue weighted by atomic mass is 16.3. The molecule has 0 spiro atoms. The molecule has 7 nitrogen and oxygen atoms in total. The van der Waals surface area contributed by atoms with Crippen molar-refractivity contribution in [3.63, 3.8) is 0 Å². The lowest BCUT2D eigenvalue weighted by atomic mass is 9.97. The highest BCUT2D eigenvalue weighted by molar-refractivity contribution is 5.81. The van der Waals surface area contributed by atoms with E-state index in [4.69, 9.17) is 5.73 Å². The average Bonchev–Trinajstić information content (AvgIpc) is 2.69. The molecule has 0 radical (unpaired) electrons. The molecule has 2 fully saturated rings. The summed E-state index contributed by atoms with van der Waals surface area (Å²) in [6.45, 7) is 1.24. The van der Waals surface area contributed by atoms with Crippen LogP contribution in [0.4, 0.5) is 4.79 Å². The third-order valence-corrected chi connectivity index (χ3v) is 3.65. The third kappa shape index (κ3) is 2.56. The number of piperidine rings is 1. The number of primary amides is 1. The lowest BCUT2D eigenvalue weighted by Gasteiger charge is -2.32. The van der Waals surface area contributed by atoms with Crippen molar-refractivity contribution in [2.75, 3.05) is 26.2 Å². The van der Waals surface area contributed by atoms with Gasteiger partial charge >= 0.3 is 6.03 Å². The molecule has 0 aliphatic carbocycles. The predicted octanol–water partition coefficient (Wildman–Crippen LogP) is -1.66. The minimum Gasteiger partial charge on any atom is -0.388 e. The summed E-state index contributed by atoms with van der Waals surface area (Å²) >= 11 is 0. The number of hydrogen-bond donors (Lipinski definition) is 3. The summed E-state index contributed by atoms with van der Waals surface area (Å²) in [4.78, 5) is 26.2. The Kier molecular flexibility index (Phi) is 3.72. The van der Waals surface area contributed by atoms with Gasteiger partial charge in [-0.3, -0.25) is 4.79 Å². The molecule has 3 atom stereocenters. The monoisotopic (exact) mass is 257 g/mol. The molecule has 0 aromatic carbocycles. The van der Waals surface area contributed by atoms with Crippen LogP contribution in [-0.4, -0.2) is 70.3 Å². The van der Waals surface area contributed by atoms with E-state index in [0.29, 0.717) is 19.5 Å². The van der Waals surface area contributed by atoms with Crippen LogP contribution in [0, 0.1) is 5.92 Å². The van der Waals surface area contributed by atoms with Crippen LogP contribution < -0.4 is 5.73 Å². The number of nitrogens with zero attached hydrogens (tertiary/aromatic N) is 2. The summed E-state index contributed by atoms with van der Waals surface area (Å²) in [7, 11) is 0. The molecule has 1 unspecified atom stereocenters. The Labute approximate surface area is 105 Å². The molecule has 0 aromatic heterocycles. The quantitative estimate of drug-likeness (QED) is 0.522. The number of hydrogen-bond acceptors (Lipinski definition) is 4. The summed E-state index contributed by atoms with van der Waals surface area (Å²) in [5.41, 5.74) is 5.21. The maximum atomic E-state index is 12.2. The van der Waals surface area contributed by atoms with E-state index < -0.39 is 18.2 Å². The van der Waals surface area contributed by atoms with Crippen molar-refractivity contribution in [3.8, 4) is 0 Å². The van der Waals surface area contributed by atoms with E-state index in [2.05, 4.69) is 0 Å². The number of nitrogens with two attached hydrogens (primary N) is 1. The van der Waals surface area contributed by atoms with E-state index in [1.165, 1.54) is 9.80 Å². The van der Waals surface area contributed by atoms with Crippen LogP contribution in [-0.2, 0) is 4.79 Å². The number of rotatable bonds is 1. The van der Waals surface area contributed by atoms with Gasteiger partial charge in [0.1, 0.15) is 0 Å². The molecular weight excluding hydrogens is 238 g/mol. The Morgan fingerprint density at radius 3 is 2.22 bits per heavy atom. The van der Waals surface area contributed by atoms with Crippen molar-refractivity contribution in [2.24, 2.45) is 11.7 Å². The first kappa shape index (κ1) is 13.1. The van der Waals surface area contributed by atoms with Gasteiger partial charge in [-0.1, -0.05) is 0 Å². The molecule has 0 aromatic rings. The molecule has 0 bridgehead atoms. The van der Waals surface area contributed by atoms with Gasteiger partial charge in [-0.25, -0.2) is 4.79 Å². The first-order valence-corrected chi connectivity index (χ1v) is 6.18. The van der Waals surface area contributed by atoms with E-state index in [1.54, 1.807) is 0 Å². The van der Waals surface area contributed by atoms with E-state index in [-0.39, 0.29) is 24.9 Å². The molecule has 7 heteroatoms. The number of aliphatic hydroxyl groups excluding tert-OH is 2. The number of aliphatic hydroxyl groups is 2. The number of carbonyl (C=O) groups is 2. The topological polar surface area (TPSA) is 107 Å². The maximum absolute atomic E-state index is 12.2. The fourth-order valence-electron chi connectivity index (χ4n) is 2.59. The minimum atomic E-state index is -0.871. The minimum absolute atomic E-state index is 0.114. The van der Waals surface area contributed by atoms with Gasteiger partial charge in [-0.15, -0.1) is 0 Å². The molecular formula is C11H19N3O4. The predicted molar refractivity (Wildman–Crippen MR) is 62.5 cm³/mol. The molecule has 0 saturated carbocycles. The Bertz CT molecular complexity index is 339. The van der Waals surface area contributed by atoms with Gasteiger partial charge in [0.15, 0.2) is 0 Å². The normalized spacial score (nSPS) is 32.7. The standard InChI is InChI=1S/C11H19N3O4/c12-11(18)13-3-1-2-7(4-13)10(17)14-5-8(15)9(16)6-14/h7-9,15-16H,1-6H2,(H2,12,18)/t7?,8-,9+. The van der Waals surface area contributed by atoms with Gasteiger partial charge in [0.05, 0.1) is 18.1 Å². The molecule has 2 rings (SSSR count). The number of urea groups is 1. The van der Waals surface area contributed by atoms with Crippen LogP contribution >= 0.6 is 0 Å².